The number of pyridine rings is 1. The van der Waals surface area contributed by atoms with Crippen molar-refractivity contribution >= 4 is 35.1 Å². The molecule has 3 aromatic rings. The van der Waals surface area contributed by atoms with Gasteiger partial charge >= 0.3 is 6.18 Å². The number of nitrogens with zero attached hydrogens (tertiary/aromatic N) is 8. The van der Waals surface area contributed by atoms with Crippen LogP contribution in [-0.2, 0) is 22.3 Å². The van der Waals surface area contributed by atoms with E-state index >= 15 is 0 Å². The van der Waals surface area contributed by atoms with Gasteiger partial charge in [-0.25, -0.2) is 33.3 Å². The fourth-order valence-electron chi connectivity index (χ4n) is 5.27. The number of likely N-dealkylation sites (N-methyl/N-ethyl adjacent to an activating group) is 1. The van der Waals surface area contributed by atoms with Crippen molar-refractivity contribution in [2.75, 3.05) is 36.5 Å². The third-order valence-electron chi connectivity index (χ3n) is 7.90. The second-order valence-electron chi connectivity index (χ2n) is 10.5. The topological polar surface area (TPSA) is 100 Å². The summed E-state index contributed by atoms with van der Waals surface area (Å²) in [5, 5.41) is 3.94. The van der Waals surface area contributed by atoms with Crippen LogP contribution in [0.2, 0.25) is 0 Å². The van der Waals surface area contributed by atoms with E-state index in [0.717, 1.165) is 36.2 Å². The Morgan fingerprint density at radius 3 is 2.56 bits per heavy atom. The first kappa shape index (κ1) is 28.8. The van der Waals surface area contributed by atoms with Crippen LogP contribution >= 0.6 is 0 Å². The van der Waals surface area contributed by atoms with Gasteiger partial charge in [0.2, 0.25) is 6.41 Å². The zero-order chi connectivity index (χ0) is 29.4. The van der Waals surface area contributed by atoms with Gasteiger partial charge in [0.05, 0.1) is 18.0 Å². The molecule has 3 aromatic heterocycles. The van der Waals surface area contributed by atoms with Crippen molar-refractivity contribution in [2.24, 2.45) is 5.92 Å². The maximum absolute atomic E-state index is 14.0. The maximum Gasteiger partial charge on any atom is 0.416 e. The molecule has 10 nitrogen and oxygen atoms in total. The zero-order valence-corrected chi connectivity index (χ0v) is 22.3. The lowest BCUT2D eigenvalue weighted by molar-refractivity contribution is -0.138. The maximum atomic E-state index is 14.0. The third kappa shape index (κ3) is 5.99. The Morgan fingerprint density at radius 2 is 1.93 bits per heavy atom. The highest BCUT2D eigenvalue weighted by atomic mass is 19.4. The Hall–Kier alpha value is -3.75. The van der Waals surface area contributed by atoms with Crippen LogP contribution in [-0.4, -0.2) is 80.6 Å². The van der Waals surface area contributed by atoms with E-state index in [2.05, 4.69) is 20.1 Å². The van der Waals surface area contributed by atoms with Crippen molar-refractivity contribution in [3.63, 3.8) is 0 Å². The average Bonchev–Trinajstić information content (AvgIpc) is 3.71. The smallest absolute Gasteiger partial charge is 0.355 e. The van der Waals surface area contributed by atoms with Gasteiger partial charge in [-0.2, -0.15) is 18.3 Å². The summed E-state index contributed by atoms with van der Waals surface area (Å²) in [6, 6.07) is 1.46. The van der Waals surface area contributed by atoms with E-state index in [1.807, 2.05) is 9.80 Å². The normalized spacial score (nSPS) is 17.4. The average molecular weight is 581 g/mol. The van der Waals surface area contributed by atoms with E-state index in [-0.39, 0.29) is 24.9 Å². The van der Waals surface area contributed by atoms with E-state index < -0.39 is 42.0 Å². The summed E-state index contributed by atoms with van der Waals surface area (Å²) in [5.74, 6) is -0.0753. The molecular weight excluding hydrogens is 551 g/mol. The number of hydrogen-bond donors (Lipinski definition) is 0. The Balaban J connectivity index is 1.41. The molecule has 1 saturated heterocycles. The lowest BCUT2D eigenvalue weighted by Crippen LogP contribution is -2.63. The van der Waals surface area contributed by atoms with Crippen LogP contribution < -0.4 is 9.80 Å². The number of fused-ring (bicyclic) bond motifs is 1. The molecule has 2 amide bonds. The van der Waals surface area contributed by atoms with E-state index in [0.29, 0.717) is 47.9 Å². The molecule has 5 rings (SSSR count). The molecule has 15 heteroatoms. The predicted octanol–water partition coefficient (Wildman–Crippen LogP) is 3.77. The van der Waals surface area contributed by atoms with Crippen LogP contribution in [0.15, 0.2) is 30.7 Å². The summed E-state index contributed by atoms with van der Waals surface area (Å²) < 4.78 is 67.1. The van der Waals surface area contributed by atoms with Crippen molar-refractivity contribution in [2.45, 2.75) is 56.8 Å². The van der Waals surface area contributed by atoms with Crippen molar-refractivity contribution in [3.8, 4) is 0 Å². The number of carbonyl (C=O) groups is 2. The third-order valence-corrected chi connectivity index (χ3v) is 7.90. The quantitative estimate of drug-likeness (QED) is 0.264. The van der Waals surface area contributed by atoms with Gasteiger partial charge in [-0.15, -0.1) is 0 Å². The molecule has 41 heavy (non-hydrogen) atoms. The molecule has 0 bridgehead atoms. The molecule has 0 N–H and O–H groups in total. The molecule has 1 saturated carbocycles. The van der Waals surface area contributed by atoms with Crippen molar-refractivity contribution in [3.05, 3.63) is 36.3 Å². The minimum atomic E-state index is -4.67. The number of hydrogen-bond acceptors (Lipinski definition) is 8. The number of imide groups is 1. The van der Waals surface area contributed by atoms with Gasteiger partial charge < -0.3 is 4.90 Å². The number of piperidine rings is 1. The van der Waals surface area contributed by atoms with E-state index in [1.54, 1.807) is 7.05 Å². The summed E-state index contributed by atoms with van der Waals surface area (Å²) in [6.45, 7) is 0.532. The van der Waals surface area contributed by atoms with E-state index in [9.17, 15) is 31.5 Å². The lowest BCUT2D eigenvalue weighted by atomic mass is 9.84. The predicted molar refractivity (Wildman–Crippen MR) is 138 cm³/mol. The molecule has 0 spiro atoms. The van der Waals surface area contributed by atoms with Crippen molar-refractivity contribution < 1.29 is 31.5 Å². The molecule has 1 aliphatic heterocycles. The number of amides is 2. The van der Waals surface area contributed by atoms with Gasteiger partial charge in [0.1, 0.15) is 29.2 Å². The molecule has 2 fully saturated rings. The highest BCUT2D eigenvalue weighted by Gasteiger charge is 2.48. The minimum absolute atomic E-state index is 0.206. The van der Waals surface area contributed by atoms with Crippen LogP contribution in [0.25, 0.3) is 11.2 Å². The van der Waals surface area contributed by atoms with Crippen LogP contribution in [0.1, 0.15) is 37.7 Å². The molecule has 2 aliphatic rings. The molecule has 4 heterocycles. The molecule has 0 aromatic carbocycles. The minimum Gasteiger partial charge on any atom is -0.355 e. The van der Waals surface area contributed by atoms with Crippen LogP contribution in [0.4, 0.5) is 33.6 Å². The Morgan fingerprint density at radius 1 is 1.20 bits per heavy atom. The number of halogens is 5. The lowest BCUT2D eigenvalue weighted by Gasteiger charge is -2.47. The molecule has 220 valence electrons. The van der Waals surface area contributed by atoms with Gasteiger partial charge in [0.15, 0.2) is 5.65 Å². The first-order chi connectivity index (χ1) is 19.5. The molecule has 0 unspecified atom stereocenters. The summed E-state index contributed by atoms with van der Waals surface area (Å²) in [7, 11) is 1.78. The molecule has 1 aliphatic carbocycles. The highest BCUT2D eigenvalue weighted by Crippen LogP contribution is 2.37. The standard InChI is InChI=1S/C26H29F5N8O2/c1-36(9-5-17-2-3-17)25(24(41)38(16-40)21-12-18(4-8-32-21)26(29,30)31)6-10-37(11-7-25)22-14-33-19-13-34-39(15-20(27)28)23(19)35-22/h4,8,12-14,16-17,20H,2-3,5-7,9-11,15H2,1H3. The Labute approximate surface area is 232 Å². The van der Waals surface area contributed by atoms with Gasteiger partial charge in [0.25, 0.3) is 12.3 Å². The van der Waals surface area contributed by atoms with Gasteiger partial charge in [-0.3, -0.25) is 14.5 Å². The SMILES string of the molecule is CN(CCC1CC1)C1(C(=O)N(C=O)c2cc(C(F)(F)F)ccn2)CCN(c2cnc3cnn(CC(F)F)c3n2)CC1. The van der Waals surface area contributed by atoms with Crippen LogP contribution in [0.5, 0.6) is 0 Å². The van der Waals surface area contributed by atoms with Gasteiger partial charge in [-0.1, -0.05) is 12.8 Å². The van der Waals surface area contributed by atoms with Crippen LogP contribution in [0, 0.1) is 5.92 Å². The number of anilines is 2. The fraction of sp³-hybridized carbons (Fsp3) is 0.538. The van der Waals surface area contributed by atoms with E-state index in [1.165, 1.54) is 12.4 Å². The summed E-state index contributed by atoms with van der Waals surface area (Å²) in [4.78, 5) is 43.3. The first-order valence-corrected chi connectivity index (χ1v) is 13.3. The van der Waals surface area contributed by atoms with Crippen molar-refractivity contribution in [1.29, 1.82) is 0 Å². The summed E-state index contributed by atoms with van der Waals surface area (Å²) in [6.07, 6.45) is 0.230. The number of aromatic nitrogens is 5. The van der Waals surface area contributed by atoms with E-state index in [4.69, 9.17) is 0 Å². The number of carbonyl (C=O) groups excluding carboxylic acids is 2. The molecular formula is C26H29F5N8O2. The second-order valence-corrected chi connectivity index (χ2v) is 10.5. The molecule has 0 radical (unpaired) electrons. The molecule has 0 atom stereocenters. The Bertz CT molecular complexity index is 1400. The number of rotatable bonds is 10. The number of alkyl halides is 5. The largest absolute Gasteiger partial charge is 0.416 e. The highest BCUT2D eigenvalue weighted by molar-refractivity contribution is 6.10. The fourth-order valence-corrected chi connectivity index (χ4v) is 5.27. The monoisotopic (exact) mass is 580 g/mol. The summed E-state index contributed by atoms with van der Waals surface area (Å²) in [5.41, 5.74) is -1.64. The first-order valence-electron chi connectivity index (χ1n) is 13.3. The Kier molecular flexibility index (Phi) is 7.90. The van der Waals surface area contributed by atoms with Gasteiger partial charge in [0, 0.05) is 19.3 Å². The summed E-state index contributed by atoms with van der Waals surface area (Å²) >= 11 is 0. The van der Waals surface area contributed by atoms with Gasteiger partial charge in [-0.05, 0) is 50.9 Å². The zero-order valence-electron chi connectivity index (χ0n) is 22.3. The van der Waals surface area contributed by atoms with Crippen LogP contribution in [0.3, 0.4) is 0 Å². The van der Waals surface area contributed by atoms with Crippen molar-refractivity contribution in [1.82, 2.24) is 29.6 Å². The second kappa shape index (κ2) is 11.3.